The van der Waals surface area contributed by atoms with Gasteiger partial charge in [-0.15, -0.1) is 0 Å². The summed E-state index contributed by atoms with van der Waals surface area (Å²) in [5.74, 6) is -0.762. The molecule has 2 aromatic rings. The van der Waals surface area contributed by atoms with Gasteiger partial charge in [-0.2, -0.15) is 0 Å². The summed E-state index contributed by atoms with van der Waals surface area (Å²) in [6.45, 7) is 2.10. The fourth-order valence-corrected chi connectivity index (χ4v) is 2.81. The molecule has 0 saturated carbocycles. The molecule has 2 aromatic carbocycles. The van der Waals surface area contributed by atoms with E-state index >= 15 is 0 Å². The molecule has 2 rings (SSSR count). The molecule has 7 nitrogen and oxygen atoms in total. The normalized spacial score (nSPS) is 11.4. The van der Waals surface area contributed by atoms with Gasteiger partial charge < -0.3 is 20.4 Å². The monoisotopic (exact) mass is 417 g/mol. The van der Waals surface area contributed by atoms with Gasteiger partial charge in [0.1, 0.15) is 0 Å². The Kier molecular flexibility index (Phi) is 8.18. The Balaban J connectivity index is 1.77. The van der Waals surface area contributed by atoms with Gasteiger partial charge in [0.25, 0.3) is 11.8 Å². The minimum atomic E-state index is -0.344. The van der Waals surface area contributed by atoms with E-state index in [1.165, 1.54) is 4.90 Å². The molecule has 0 spiro atoms. The van der Waals surface area contributed by atoms with Crippen LogP contribution in [-0.4, -0.2) is 56.4 Å². The van der Waals surface area contributed by atoms with Crippen LogP contribution in [0.25, 0.3) is 0 Å². The number of amides is 3. The molecule has 1 unspecified atom stereocenters. The quantitative estimate of drug-likeness (QED) is 0.603. The van der Waals surface area contributed by atoms with Crippen molar-refractivity contribution in [3.63, 3.8) is 0 Å². The van der Waals surface area contributed by atoms with Gasteiger partial charge in [0.2, 0.25) is 5.91 Å². The number of hydrogen-bond donors (Lipinski definition) is 3. The number of rotatable bonds is 8. The van der Waals surface area contributed by atoms with Crippen LogP contribution >= 0.6 is 11.6 Å². The molecule has 3 amide bonds. The summed E-state index contributed by atoms with van der Waals surface area (Å²) >= 11 is 6.01. The molecular weight excluding hydrogens is 392 g/mol. The van der Waals surface area contributed by atoms with Gasteiger partial charge in [0, 0.05) is 12.7 Å². The number of hydrogen-bond acceptors (Lipinski definition) is 3. The van der Waals surface area contributed by atoms with Crippen molar-refractivity contribution in [2.45, 2.75) is 6.92 Å². The van der Waals surface area contributed by atoms with E-state index in [0.717, 1.165) is 10.5 Å². The molecule has 0 aliphatic rings. The number of likely N-dealkylation sites (N-methyl/N-ethyl adjacent to an activating group) is 2. The molecule has 0 radical (unpaired) electrons. The van der Waals surface area contributed by atoms with E-state index in [0.29, 0.717) is 16.4 Å². The first-order valence-electron chi connectivity index (χ1n) is 9.20. The van der Waals surface area contributed by atoms with Gasteiger partial charge >= 0.3 is 0 Å². The lowest BCUT2D eigenvalue weighted by atomic mass is 10.2. The third-order valence-corrected chi connectivity index (χ3v) is 4.53. The topological polar surface area (TPSA) is 83.0 Å². The van der Waals surface area contributed by atoms with E-state index in [1.807, 2.05) is 31.2 Å². The highest BCUT2D eigenvalue weighted by Crippen LogP contribution is 2.20. The van der Waals surface area contributed by atoms with E-state index in [1.54, 1.807) is 38.4 Å². The second kappa shape index (κ2) is 10.6. The molecule has 29 heavy (non-hydrogen) atoms. The fourth-order valence-electron chi connectivity index (χ4n) is 2.63. The molecule has 3 N–H and O–H groups in total. The van der Waals surface area contributed by atoms with Crippen molar-refractivity contribution in [1.82, 2.24) is 4.90 Å². The van der Waals surface area contributed by atoms with E-state index in [9.17, 15) is 14.4 Å². The maximum Gasteiger partial charge on any atom is 0.279 e. The van der Waals surface area contributed by atoms with Gasteiger partial charge in [-0.3, -0.25) is 14.4 Å². The standard InChI is InChI=1S/C21H25ClN4O3/c1-15-8-10-16(11-9-15)23-19(27)12-25(2)14-21(29)26(3)13-20(28)24-18-7-5-4-6-17(18)22/h4-11H,12-14H2,1-3H3,(H,23,27)(H,24,28)/p+1. The Morgan fingerprint density at radius 2 is 1.62 bits per heavy atom. The number of carbonyl (C=O) groups is 3. The van der Waals surface area contributed by atoms with Crippen molar-refractivity contribution in [1.29, 1.82) is 0 Å². The summed E-state index contributed by atoms with van der Waals surface area (Å²) in [5.41, 5.74) is 2.32. The highest BCUT2D eigenvalue weighted by atomic mass is 35.5. The molecule has 0 fully saturated rings. The Hall–Kier alpha value is -2.90. The average Bonchev–Trinajstić information content (AvgIpc) is 2.65. The lowest BCUT2D eigenvalue weighted by molar-refractivity contribution is -0.862. The molecular formula is C21H26ClN4O3+. The van der Waals surface area contributed by atoms with Crippen LogP contribution in [0.2, 0.25) is 5.02 Å². The van der Waals surface area contributed by atoms with Crippen LogP contribution in [0, 0.1) is 6.92 Å². The third kappa shape index (κ3) is 7.56. The lowest BCUT2D eigenvalue weighted by Gasteiger charge is -2.19. The molecule has 154 valence electrons. The molecule has 8 heteroatoms. The molecule has 0 aliphatic heterocycles. The number of benzene rings is 2. The first-order valence-corrected chi connectivity index (χ1v) is 9.58. The average molecular weight is 418 g/mol. The Bertz CT molecular complexity index is 870. The van der Waals surface area contributed by atoms with E-state index < -0.39 is 0 Å². The zero-order chi connectivity index (χ0) is 21.4. The highest BCUT2D eigenvalue weighted by Gasteiger charge is 2.19. The van der Waals surface area contributed by atoms with Crippen LogP contribution < -0.4 is 15.5 Å². The number of quaternary nitrogens is 1. The summed E-state index contributed by atoms with van der Waals surface area (Å²) in [6, 6.07) is 14.4. The molecule has 0 aliphatic carbocycles. The number of carbonyl (C=O) groups excluding carboxylic acids is 3. The van der Waals surface area contributed by atoms with E-state index in [4.69, 9.17) is 11.6 Å². The van der Waals surface area contributed by atoms with Crippen LogP contribution in [0.4, 0.5) is 11.4 Å². The number of nitrogens with zero attached hydrogens (tertiary/aromatic N) is 1. The number of para-hydroxylation sites is 1. The van der Waals surface area contributed by atoms with Crippen molar-refractivity contribution in [3.8, 4) is 0 Å². The SMILES string of the molecule is Cc1ccc(NC(=O)C[NH+](C)CC(=O)N(C)CC(=O)Nc2ccccc2Cl)cc1. The zero-order valence-corrected chi connectivity index (χ0v) is 17.5. The Labute approximate surface area is 175 Å². The van der Waals surface area contributed by atoms with Crippen LogP contribution in [0.1, 0.15) is 5.56 Å². The first-order chi connectivity index (χ1) is 13.7. The molecule has 0 aromatic heterocycles. The smallest absolute Gasteiger partial charge is 0.279 e. The lowest BCUT2D eigenvalue weighted by Crippen LogP contribution is -3.11. The van der Waals surface area contributed by atoms with Crippen molar-refractivity contribution < 1.29 is 19.3 Å². The summed E-state index contributed by atoms with van der Waals surface area (Å²) in [6.07, 6.45) is 0. The largest absolute Gasteiger partial charge is 0.332 e. The van der Waals surface area contributed by atoms with Crippen LogP contribution in [0.5, 0.6) is 0 Å². The number of anilines is 2. The minimum Gasteiger partial charge on any atom is -0.332 e. The predicted molar refractivity (Wildman–Crippen MR) is 114 cm³/mol. The fraction of sp³-hybridized carbons (Fsp3) is 0.286. The van der Waals surface area contributed by atoms with Gasteiger partial charge in [-0.1, -0.05) is 41.4 Å². The number of halogens is 1. The van der Waals surface area contributed by atoms with E-state index in [2.05, 4.69) is 10.6 Å². The molecule has 0 saturated heterocycles. The molecule has 1 atom stereocenters. The van der Waals surface area contributed by atoms with E-state index in [-0.39, 0.29) is 37.4 Å². The summed E-state index contributed by atoms with van der Waals surface area (Å²) in [5, 5.41) is 5.91. The van der Waals surface area contributed by atoms with Crippen molar-refractivity contribution in [3.05, 3.63) is 59.1 Å². The van der Waals surface area contributed by atoms with Crippen LogP contribution in [0.15, 0.2) is 48.5 Å². The van der Waals surface area contributed by atoms with Gasteiger partial charge in [-0.05, 0) is 31.2 Å². The molecule has 0 heterocycles. The van der Waals surface area contributed by atoms with Crippen LogP contribution in [0.3, 0.4) is 0 Å². The van der Waals surface area contributed by atoms with Crippen molar-refractivity contribution in [2.75, 3.05) is 44.4 Å². The predicted octanol–water partition coefficient (Wildman–Crippen LogP) is 1.20. The van der Waals surface area contributed by atoms with Crippen molar-refractivity contribution >= 4 is 40.7 Å². The Morgan fingerprint density at radius 1 is 0.966 bits per heavy atom. The summed E-state index contributed by atoms with van der Waals surface area (Å²) < 4.78 is 0. The number of nitrogens with one attached hydrogen (secondary N) is 3. The summed E-state index contributed by atoms with van der Waals surface area (Å²) in [7, 11) is 3.30. The van der Waals surface area contributed by atoms with Gasteiger partial charge in [-0.25, -0.2) is 0 Å². The zero-order valence-electron chi connectivity index (χ0n) is 16.8. The van der Waals surface area contributed by atoms with Gasteiger partial charge in [0.05, 0.1) is 24.3 Å². The highest BCUT2D eigenvalue weighted by molar-refractivity contribution is 6.33. The first kappa shape index (κ1) is 22.4. The number of aryl methyl sites for hydroxylation is 1. The maximum absolute atomic E-state index is 12.4. The second-order valence-corrected chi connectivity index (χ2v) is 7.41. The summed E-state index contributed by atoms with van der Waals surface area (Å²) in [4.78, 5) is 38.7. The van der Waals surface area contributed by atoms with Crippen LogP contribution in [-0.2, 0) is 14.4 Å². The second-order valence-electron chi connectivity index (χ2n) is 7.00. The van der Waals surface area contributed by atoms with Gasteiger partial charge in [0.15, 0.2) is 13.1 Å². The Morgan fingerprint density at radius 3 is 2.28 bits per heavy atom. The third-order valence-electron chi connectivity index (χ3n) is 4.21. The maximum atomic E-state index is 12.4. The van der Waals surface area contributed by atoms with Crippen molar-refractivity contribution in [2.24, 2.45) is 0 Å². The molecule has 0 bridgehead atoms. The minimum absolute atomic E-state index is 0.0944.